The molecule has 16 heavy (non-hydrogen) atoms. The topological polar surface area (TPSA) is 35.2 Å². The van der Waals surface area contributed by atoms with Gasteiger partial charge in [-0.1, -0.05) is 12.1 Å². The van der Waals surface area contributed by atoms with Crippen LogP contribution in [-0.2, 0) is 0 Å². The van der Waals surface area contributed by atoms with Crippen molar-refractivity contribution in [1.82, 2.24) is 0 Å². The van der Waals surface area contributed by atoms with E-state index in [4.69, 9.17) is 5.73 Å². The van der Waals surface area contributed by atoms with Crippen LogP contribution in [0.1, 0.15) is 24.3 Å². The summed E-state index contributed by atoms with van der Waals surface area (Å²) in [5.74, 6) is -0.0131. The molecule has 2 nitrogen and oxygen atoms in total. The third-order valence-electron chi connectivity index (χ3n) is 2.85. The maximum atomic E-state index is 12.0. The van der Waals surface area contributed by atoms with Crippen LogP contribution >= 0.6 is 0 Å². The lowest BCUT2D eigenvalue weighted by molar-refractivity contribution is -0.274. The number of hydrogen-bond donors (Lipinski definition) is 1. The SMILES string of the molecule is NC1CCC1c1cccc(OC(F)(F)F)c1. The minimum atomic E-state index is -4.64. The van der Waals surface area contributed by atoms with Crippen LogP contribution in [0.4, 0.5) is 13.2 Å². The summed E-state index contributed by atoms with van der Waals surface area (Å²) in [5, 5.41) is 0. The summed E-state index contributed by atoms with van der Waals surface area (Å²) in [5.41, 5.74) is 6.59. The predicted octanol–water partition coefficient (Wildman–Crippen LogP) is 2.79. The highest BCUT2D eigenvalue weighted by Crippen LogP contribution is 2.37. The van der Waals surface area contributed by atoms with Crippen LogP contribution in [0.25, 0.3) is 0 Å². The number of rotatable bonds is 2. The molecule has 1 aliphatic carbocycles. The maximum Gasteiger partial charge on any atom is 0.573 e. The van der Waals surface area contributed by atoms with E-state index in [1.54, 1.807) is 12.1 Å². The lowest BCUT2D eigenvalue weighted by Crippen LogP contribution is -2.37. The second kappa shape index (κ2) is 3.97. The van der Waals surface area contributed by atoms with Gasteiger partial charge >= 0.3 is 6.36 Å². The number of halogens is 3. The van der Waals surface area contributed by atoms with Crippen molar-refractivity contribution in [3.63, 3.8) is 0 Å². The van der Waals surface area contributed by atoms with Gasteiger partial charge in [-0.05, 0) is 36.5 Å². The van der Waals surface area contributed by atoms with E-state index < -0.39 is 6.36 Å². The fourth-order valence-electron chi connectivity index (χ4n) is 1.88. The van der Waals surface area contributed by atoms with Crippen LogP contribution in [-0.4, -0.2) is 12.4 Å². The molecule has 5 heteroatoms. The standard InChI is InChI=1S/C11H12F3NO/c12-11(13,14)16-8-3-1-2-7(6-8)9-4-5-10(9)15/h1-3,6,9-10H,4-5,15H2. The number of alkyl halides is 3. The van der Waals surface area contributed by atoms with Gasteiger partial charge in [0.1, 0.15) is 5.75 Å². The van der Waals surface area contributed by atoms with Crippen LogP contribution in [0.5, 0.6) is 5.75 Å². The Kier molecular flexibility index (Phi) is 2.80. The van der Waals surface area contributed by atoms with Crippen molar-refractivity contribution in [2.45, 2.75) is 31.2 Å². The average Bonchev–Trinajstić information content (AvgIpc) is 2.13. The van der Waals surface area contributed by atoms with E-state index in [1.165, 1.54) is 12.1 Å². The smallest absolute Gasteiger partial charge is 0.406 e. The number of nitrogens with two attached hydrogens (primary N) is 1. The van der Waals surface area contributed by atoms with E-state index >= 15 is 0 Å². The molecule has 2 unspecified atom stereocenters. The van der Waals surface area contributed by atoms with Crippen molar-refractivity contribution in [1.29, 1.82) is 0 Å². The second-order valence-corrected chi connectivity index (χ2v) is 3.97. The van der Waals surface area contributed by atoms with Gasteiger partial charge in [-0.2, -0.15) is 0 Å². The molecule has 1 aliphatic rings. The highest BCUT2D eigenvalue weighted by atomic mass is 19.4. The zero-order valence-corrected chi connectivity index (χ0v) is 8.50. The Balaban J connectivity index is 2.13. The first-order chi connectivity index (χ1) is 7.46. The summed E-state index contributed by atoms with van der Waals surface area (Å²) < 4.78 is 39.9. The van der Waals surface area contributed by atoms with Crippen molar-refractivity contribution in [2.24, 2.45) is 5.73 Å². The minimum absolute atomic E-state index is 0.0566. The van der Waals surface area contributed by atoms with E-state index in [-0.39, 0.29) is 17.7 Å². The molecule has 0 spiro atoms. The fourth-order valence-corrected chi connectivity index (χ4v) is 1.88. The van der Waals surface area contributed by atoms with Crippen molar-refractivity contribution < 1.29 is 17.9 Å². The molecule has 1 fully saturated rings. The molecule has 0 aromatic heterocycles. The Morgan fingerprint density at radius 3 is 2.50 bits per heavy atom. The zero-order chi connectivity index (χ0) is 11.8. The molecule has 0 bridgehead atoms. The molecule has 1 aromatic carbocycles. The van der Waals surface area contributed by atoms with Crippen LogP contribution < -0.4 is 10.5 Å². The number of ether oxygens (including phenoxy) is 1. The van der Waals surface area contributed by atoms with Gasteiger partial charge in [0.15, 0.2) is 0 Å². The Morgan fingerprint density at radius 2 is 2.00 bits per heavy atom. The fraction of sp³-hybridized carbons (Fsp3) is 0.455. The molecule has 1 saturated carbocycles. The molecular formula is C11H12F3NO. The van der Waals surface area contributed by atoms with Crippen molar-refractivity contribution in [3.8, 4) is 5.75 Å². The lowest BCUT2D eigenvalue weighted by Gasteiger charge is -2.34. The average molecular weight is 231 g/mol. The molecule has 0 heterocycles. The van der Waals surface area contributed by atoms with Gasteiger partial charge < -0.3 is 10.5 Å². The van der Waals surface area contributed by atoms with E-state index in [0.717, 1.165) is 18.4 Å². The summed E-state index contributed by atoms with van der Waals surface area (Å²) in [4.78, 5) is 0. The summed E-state index contributed by atoms with van der Waals surface area (Å²) in [6.45, 7) is 0. The zero-order valence-electron chi connectivity index (χ0n) is 8.50. The van der Waals surface area contributed by atoms with E-state index in [2.05, 4.69) is 4.74 Å². The summed E-state index contributed by atoms with van der Waals surface area (Å²) >= 11 is 0. The Bertz CT molecular complexity index is 378. The van der Waals surface area contributed by atoms with E-state index in [0.29, 0.717) is 0 Å². The molecule has 2 atom stereocenters. The molecule has 88 valence electrons. The van der Waals surface area contributed by atoms with Gasteiger partial charge in [-0.15, -0.1) is 13.2 Å². The number of hydrogen-bond acceptors (Lipinski definition) is 2. The van der Waals surface area contributed by atoms with Crippen LogP contribution in [0.15, 0.2) is 24.3 Å². The summed E-state index contributed by atoms with van der Waals surface area (Å²) in [7, 11) is 0. The van der Waals surface area contributed by atoms with Gasteiger partial charge in [-0.25, -0.2) is 0 Å². The van der Waals surface area contributed by atoms with Crippen molar-refractivity contribution in [2.75, 3.05) is 0 Å². The number of benzene rings is 1. The third-order valence-corrected chi connectivity index (χ3v) is 2.85. The Labute approximate surface area is 91.2 Å². The van der Waals surface area contributed by atoms with Crippen LogP contribution in [0.3, 0.4) is 0 Å². The predicted molar refractivity (Wildman–Crippen MR) is 53.1 cm³/mol. The second-order valence-electron chi connectivity index (χ2n) is 3.97. The molecule has 0 aliphatic heterocycles. The lowest BCUT2D eigenvalue weighted by atomic mass is 9.76. The van der Waals surface area contributed by atoms with Gasteiger partial charge in [0.2, 0.25) is 0 Å². The quantitative estimate of drug-likeness (QED) is 0.849. The molecule has 0 radical (unpaired) electrons. The monoisotopic (exact) mass is 231 g/mol. The molecule has 2 N–H and O–H groups in total. The van der Waals surface area contributed by atoms with E-state index in [1.807, 2.05) is 0 Å². The molecule has 2 rings (SSSR count). The Hall–Kier alpha value is -1.23. The van der Waals surface area contributed by atoms with Crippen LogP contribution in [0.2, 0.25) is 0 Å². The van der Waals surface area contributed by atoms with E-state index in [9.17, 15) is 13.2 Å². The van der Waals surface area contributed by atoms with Gasteiger partial charge in [-0.3, -0.25) is 0 Å². The minimum Gasteiger partial charge on any atom is -0.406 e. The van der Waals surface area contributed by atoms with Gasteiger partial charge in [0.25, 0.3) is 0 Å². The first-order valence-corrected chi connectivity index (χ1v) is 5.07. The van der Waals surface area contributed by atoms with Crippen LogP contribution in [0, 0.1) is 0 Å². The summed E-state index contributed by atoms with van der Waals surface area (Å²) in [6.07, 6.45) is -2.79. The molecule has 0 amide bonds. The first kappa shape index (κ1) is 11.3. The van der Waals surface area contributed by atoms with Gasteiger partial charge in [0.05, 0.1) is 0 Å². The third kappa shape index (κ3) is 2.47. The molecule has 0 saturated heterocycles. The van der Waals surface area contributed by atoms with Crippen molar-refractivity contribution >= 4 is 0 Å². The summed E-state index contributed by atoms with van der Waals surface area (Å²) in [6, 6.07) is 6.10. The van der Waals surface area contributed by atoms with Gasteiger partial charge in [0, 0.05) is 6.04 Å². The first-order valence-electron chi connectivity index (χ1n) is 5.07. The molecular weight excluding hydrogens is 219 g/mol. The molecule has 1 aromatic rings. The maximum absolute atomic E-state index is 12.0. The van der Waals surface area contributed by atoms with Crippen molar-refractivity contribution in [3.05, 3.63) is 29.8 Å². The Morgan fingerprint density at radius 1 is 1.25 bits per heavy atom. The highest BCUT2D eigenvalue weighted by Gasteiger charge is 2.32. The highest BCUT2D eigenvalue weighted by molar-refractivity contribution is 5.33. The largest absolute Gasteiger partial charge is 0.573 e. The normalized spacial score (nSPS) is 25.0.